The maximum absolute atomic E-state index is 11.5. The van der Waals surface area contributed by atoms with Gasteiger partial charge in [0, 0.05) is 19.4 Å². The van der Waals surface area contributed by atoms with Crippen molar-refractivity contribution in [1.82, 2.24) is 20.5 Å². The van der Waals surface area contributed by atoms with Crippen molar-refractivity contribution in [3.05, 3.63) is 12.2 Å². The highest BCUT2D eigenvalue weighted by molar-refractivity contribution is 5.84. The van der Waals surface area contributed by atoms with Crippen molar-refractivity contribution in [3.8, 4) is 0 Å². The number of rotatable bonds is 7. The minimum Gasteiger partial charge on any atom is -0.481 e. The van der Waals surface area contributed by atoms with Crippen molar-refractivity contribution >= 4 is 11.9 Å². The molecule has 7 heteroatoms. The van der Waals surface area contributed by atoms with E-state index in [0.717, 1.165) is 12.2 Å². The Hall–Kier alpha value is -1.92. The molecule has 0 saturated carbocycles. The van der Waals surface area contributed by atoms with E-state index < -0.39 is 11.4 Å². The van der Waals surface area contributed by atoms with E-state index in [-0.39, 0.29) is 12.3 Å². The number of hydrogen-bond donors (Lipinski definition) is 3. The summed E-state index contributed by atoms with van der Waals surface area (Å²) in [6, 6.07) is 0. The average Bonchev–Trinajstić information content (AvgIpc) is 2.76. The van der Waals surface area contributed by atoms with Gasteiger partial charge in [-0.25, -0.2) is 4.98 Å². The molecule has 1 aromatic heterocycles. The number of nitrogens with zero attached hydrogens (tertiary/aromatic N) is 2. The molecular formula is C11H18N4O3. The summed E-state index contributed by atoms with van der Waals surface area (Å²) in [4.78, 5) is 26.3. The second-order valence-corrected chi connectivity index (χ2v) is 4.75. The molecule has 1 aromatic rings. The summed E-state index contributed by atoms with van der Waals surface area (Å²) in [5.41, 5.74) is -1.03. The number of carbonyl (C=O) groups is 2. The molecule has 0 spiro atoms. The molecule has 0 fully saturated rings. The van der Waals surface area contributed by atoms with Gasteiger partial charge >= 0.3 is 5.97 Å². The quantitative estimate of drug-likeness (QED) is 0.609. The summed E-state index contributed by atoms with van der Waals surface area (Å²) in [5, 5.41) is 18.0. The minimum atomic E-state index is -1.03. The predicted octanol–water partition coefficient (Wildman–Crippen LogP) is 0.354. The van der Waals surface area contributed by atoms with Gasteiger partial charge in [-0.3, -0.25) is 14.7 Å². The van der Waals surface area contributed by atoms with Crippen LogP contribution < -0.4 is 5.32 Å². The Labute approximate surface area is 105 Å². The lowest BCUT2D eigenvalue weighted by Crippen LogP contribution is -2.33. The van der Waals surface area contributed by atoms with Crippen molar-refractivity contribution in [2.24, 2.45) is 5.41 Å². The Balaban J connectivity index is 2.19. The highest BCUT2D eigenvalue weighted by atomic mass is 16.4. The van der Waals surface area contributed by atoms with Crippen molar-refractivity contribution in [1.29, 1.82) is 0 Å². The number of carbonyl (C=O) groups excluding carboxylic acids is 1. The zero-order chi connectivity index (χ0) is 13.6. The van der Waals surface area contributed by atoms with E-state index in [9.17, 15) is 9.59 Å². The third-order valence-corrected chi connectivity index (χ3v) is 2.56. The van der Waals surface area contributed by atoms with Crippen LogP contribution in [0.2, 0.25) is 0 Å². The Morgan fingerprint density at radius 1 is 1.50 bits per heavy atom. The maximum Gasteiger partial charge on any atom is 0.309 e. The number of H-pyrrole nitrogens is 1. The molecule has 0 aliphatic rings. The van der Waals surface area contributed by atoms with Crippen LogP contribution >= 0.6 is 0 Å². The van der Waals surface area contributed by atoms with Crippen LogP contribution in [0.5, 0.6) is 0 Å². The zero-order valence-corrected chi connectivity index (χ0v) is 10.6. The lowest BCUT2D eigenvalue weighted by molar-refractivity contribution is -0.149. The van der Waals surface area contributed by atoms with Gasteiger partial charge in [-0.05, 0) is 20.3 Å². The van der Waals surface area contributed by atoms with E-state index in [4.69, 9.17) is 5.11 Å². The number of aromatic nitrogens is 3. The van der Waals surface area contributed by atoms with Crippen LogP contribution in [0.25, 0.3) is 0 Å². The second-order valence-electron chi connectivity index (χ2n) is 4.75. The van der Waals surface area contributed by atoms with E-state index in [0.29, 0.717) is 13.0 Å². The topological polar surface area (TPSA) is 108 Å². The number of carboxylic acids is 1. The Morgan fingerprint density at radius 3 is 2.78 bits per heavy atom. The van der Waals surface area contributed by atoms with Gasteiger partial charge in [0.15, 0.2) is 0 Å². The molecule has 0 unspecified atom stereocenters. The standard InChI is InChI=1S/C11H18N4O3/c1-11(2,10(17)18)6-9(16)12-5-3-4-8-13-7-14-15-8/h7H,3-6H2,1-2H3,(H,12,16)(H,17,18)(H,13,14,15). The Morgan fingerprint density at radius 2 is 2.22 bits per heavy atom. The van der Waals surface area contributed by atoms with Crippen LogP contribution in [0.3, 0.4) is 0 Å². The number of amides is 1. The van der Waals surface area contributed by atoms with Crippen molar-refractivity contribution in [2.75, 3.05) is 6.54 Å². The van der Waals surface area contributed by atoms with Gasteiger partial charge in [0.2, 0.25) is 5.91 Å². The Kier molecular flexibility index (Phi) is 4.82. The molecule has 0 aromatic carbocycles. The fourth-order valence-electron chi connectivity index (χ4n) is 1.37. The van der Waals surface area contributed by atoms with E-state index in [1.807, 2.05) is 0 Å². The number of carboxylic acid groups (broad SMARTS) is 1. The van der Waals surface area contributed by atoms with Crippen LogP contribution in [-0.4, -0.2) is 38.7 Å². The van der Waals surface area contributed by atoms with E-state index >= 15 is 0 Å². The van der Waals surface area contributed by atoms with Gasteiger partial charge in [-0.15, -0.1) is 0 Å². The largest absolute Gasteiger partial charge is 0.481 e. The average molecular weight is 254 g/mol. The van der Waals surface area contributed by atoms with Crippen molar-refractivity contribution in [3.63, 3.8) is 0 Å². The highest BCUT2D eigenvalue weighted by Gasteiger charge is 2.29. The van der Waals surface area contributed by atoms with Crippen molar-refractivity contribution < 1.29 is 14.7 Å². The van der Waals surface area contributed by atoms with Gasteiger partial charge in [0.1, 0.15) is 12.2 Å². The number of aliphatic carboxylic acids is 1. The summed E-state index contributed by atoms with van der Waals surface area (Å²) in [5.74, 6) is -0.450. The number of nitrogens with one attached hydrogen (secondary N) is 2. The third-order valence-electron chi connectivity index (χ3n) is 2.56. The fourth-order valence-corrected chi connectivity index (χ4v) is 1.37. The van der Waals surface area contributed by atoms with Crippen LogP contribution in [0.15, 0.2) is 6.33 Å². The van der Waals surface area contributed by atoms with E-state index in [1.54, 1.807) is 0 Å². The van der Waals surface area contributed by atoms with Crippen LogP contribution in [0.1, 0.15) is 32.5 Å². The monoisotopic (exact) mass is 254 g/mol. The second kappa shape index (κ2) is 6.13. The highest BCUT2D eigenvalue weighted by Crippen LogP contribution is 2.19. The molecule has 100 valence electrons. The molecule has 0 saturated heterocycles. The molecule has 0 atom stereocenters. The zero-order valence-electron chi connectivity index (χ0n) is 10.6. The van der Waals surface area contributed by atoms with Gasteiger partial charge in [0.05, 0.1) is 5.41 Å². The third kappa shape index (κ3) is 4.52. The first kappa shape index (κ1) is 14.1. The Bertz CT molecular complexity index is 400. The first-order valence-electron chi connectivity index (χ1n) is 5.76. The van der Waals surface area contributed by atoms with Crippen molar-refractivity contribution in [2.45, 2.75) is 33.1 Å². The van der Waals surface area contributed by atoms with Gasteiger partial charge < -0.3 is 10.4 Å². The fraction of sp³-hybridized carbons (Fsp3) is 0.636. The number of aromatic amines is 1. The smallest absolute Gasteiger partial charge is 0.309 e. The van der Waals surface area contributed by atoms with Gasteiger partial charge in [-0.1, -0.05) is 0 Å². The summed E-state index contributed by atoms with van der Waals surface area (Å²) in [6.07, 6.45) is 2.84. The van der Waals surface area contributed by atoms with E-state index in [2.05, 4.69) is 20.5 Å². The minimum absolute atomic E-state index is 0.0232. The molecule has 0 radical (unpaired) electrons. The molecule has 1 rings (SSSR count). The maximum atomic E-state index is 11.5. The molecule has 1 heterocycles. The SMILES string of the molecule is CC(C)(CC(=O)NCCCc1ncn[nH]1)C(=O)O. The molecule has 0 bridgehead atoms. The first-order valence-corrected chi connectivity index (χ1v) is 5.76. The summed E-state index contributed by atoms with van der Waals surface area (Å²) in [6.45, 7) is 3.56. The van der Waals surface area contributed by atoms with E-state index in [1.165, 1.54) is 20.2 Å². The summed E-state index contributed by atoms with van der Waals surface area (Å²) < 4.78 is 0. The van der Waals surface area contributed by atoms with Gasteiger partial charge in [-0.2, -0.15) is 5.10 Å². The number of hydrogen-bond acceptors (Lipinski definition) is 4. The normalized spacial score (nSPS) is 11.2. The molecule has 0 aliphatic heterocycles. The molecule has 7 nitrogen and oxygen atoms in total. The van der Waals surface area contributed by atoms with Crippen LogP contribution in [0.4, 0.5) is 0 Å². The summed E-state index contributed by atoms with van der Waals surface area (Å²) in [7, 11) is 0. The van der Waals surface area contributed by atoms with Crippen LogP contribution in [-0.2, 0) is 16.0 Å². The first-order chi connectivity index (χ1) is 8.42. The molecule has 18 heavy (non-hydrogen) atoms. The lowest BCUT2D eigenvalue weighted by atomic mass is 9.89. The summed E-state index contributed by atoms with van der Waals surface area (Å²) >= 11 is 0. The van der Waals surface area contributed by atoms with Crippen LogP contribution in [0, 0.1) is 5.41 Å². The molecule has 3 N–H and O–H groups in total. The molecule has 0 aliphatic carbocycles. The predicted molar refractivity (Wildman–Crippen MR) is 63.7 cm³/mol. The number of aryl methyl sites for hydroxylation is 1. The molecular weight excluding hydrogens is 236 g/mol. The van der Waals surface area contributed by atoms with Gasteiger partial charge in [0.25, 0.3) is 0 Å². The molecule has 1 amide bonds. The lowest BCUT2D eigenvalue weighted by Gasteiger charge is -2.18.